The van der Waals surface area contributed by atoms with Crippen molar-refractivity contribution in [2.24, 2.45) is 4.99 Å². The average Bonchev–Trinajstić information content (AvgIpc) is 2.95. The van der Waals surface area contributed by atoms with E-state index in [2.05, 4.69) is 25.9 Å². The van der Waals surface area contributed by atoms with Gasteiger partial charge in [0.05, 0.1) is 13.2 Å². The third-order valence-corrected chi connectivity index (χ3v) is 4.10. The minimum absolute atomic E-state index is 0.677. The topological polar surface area (TPSA) is 79.8 Å². The van der Waals surface area contributed by atoms with E-state index < -0.39 is 0 Å². The molecule has 0 unspecified atom stereocenters. The van der Waals surface area contributed by atoms with Crippen LogP contribution in [0.5, 0.6) is 11.5 Å². The van der Waals surface area contributed by atoms with Crippen LogP contribution in [0.3, 0.4) is 0 Å². The summed E-state index contributed by atoms with van der Waals surface area (Å²) in [7, 11) is 1.76. The number of anilines is 2. The van der Waals surface area contributed by atoms with Crippen molar-refractivity contribution in [3.63, 3.8) is 0 Å². The predicted octanol–water partition coefficient (Wildman–Crippen LogP) is 3.12. The van der Waals surface area contributed by atoms with Gasteiger partial charge in [-0.1, -0.05) is 6.07 Å². The lowest BCUT2D eigenvalue weighted by Crippen LogP contribution is -2.31. The second kappa shape index (κ2) is 10.3. The van der Waals surface area contributed by atoms with Gasteiger partial charge in [0, 0.05) is 44.5 Å². The third-order valence-electron chi connectivity index (χ3n) is 4.10. The van der Waals surface area contributed by atoms with Gasteiger partial charge in [0.2, 0.25) is 0 Å². The summed E-state index contributed by atoms with van der Waals surface area (Å²) in [5, 5.41) is 9.94. The summed E-state index contributed by atoms with van der Waals surface area (Å²) in [4.78, 5) is 8.52. The van der Waals surface area contributed by atoms with E-state index in [-0.39, 0.29) is 0 Å². The van der Waals surface area contributed by atoms with E-state index in [1.54, 1.807) is 13.2 Å². The number of guanidine groups is 1. The zero-order valence-electron chi connectivity index (χ0n) is 15.7. The van der Waals surface area contributed by atoms with Crippen molar-refractivity contribution in [2.75, 3.05) is 44.0 Å². The molecule has 3 N–H and O–H groups in total. The Morgan fingerprint density at radius 3 is 2.74 bits per heavy atom. The molecule has 0 atom stereocenters. The van der Waals surface area contributed by atoms with Crippen molar-refractivity contribution in [3.05, 3.63) is 42.6 Å². The van der Waals surface area contributed by atoms with Gasteiger partial charge < -0.3 is 25.4 Å². The summed E-state index contributed by atoms with van der Waals surface area (Å²) in [6.07, 6.45) is 4.77. The molecule has 2 aromatic rings. The van der Waals surface area contributed by atoms with Crippen molar-refractivity contribution in [1.29, 1.82) is 0 Å². The minimum Gasteiger partial charge on any atom is -0.490 e. The Morgan fingerprint density at radius 1 is 1.07 bits per heavy atom. The van der Waals surface area contributed by atoms with Crippen LogP contribution in [0.25, 0.3) is 0 Å². The fourth-order valence-electron chi connectivity index (χ4n) is 2.70. The highest BCUT2D eigenvalue weighted by Crippen LogP contribution is 2.32. The second-order valence-electron chi connectivity index (χ2n) is 6.18. The zero-order valence-corrected chi connectivity index (χ0v) is 15.7. The van der Waals surface area contributed by atoms with Gasteiger partial charge in [0.25, 0.3) is 0 Å². The number of hydrogen-bond acceptors (Lipinski definition) is 5. The van der Waals surface area contributed by atoms with E-state index in [9.17, 15) is 0 Å². The van der Waals surface area contributed by atoms with Gasteiger partial charge in [-0.2, -0.15) is 0 Å². The summed E-state index contributed by atoms with van der Waals surface area (Å²) >= 11 is 0. The number of unbranched alkanes of at least 4 members (excludes halogenated alkanes) is 1. The van der Waals surface area contributed by atoms with Gasteiger partial charge >= 0.3 is 0 Å². The van der Waals surface area contributed by atoms with Crippen molar-refractivity contribution < 1.29 is 9.47 Å². The number of hydrogen-bond donors (Lipinski definition) is 3. The van der Waals surface area contributed by atoms with Crippen LogP contribution >= 0.6 is 0 Å². The first-order valence-electron chi connectivity index (χ1n) is 9.37. The predicted molar refractivity (Wildman–Crippen MR) is 109 cm³/mol. The third kappa shape index (κ3) is 6.06. The molecule has 27 heavy (non-hydrogen) atoms. The summed E-state index contributed by atoms with van der Waals surface area (Å²) < 4.78 is 11.4. The summed E-state index contributed by atoms with van der Waals surface area (Å²) in [6.45, 7) is 3.11. The molecule has 144 valence electrons. The standard InChI is InChI=1S/C20H27N5O2/c1-21-20(24-12-5-4-11-23-19-7-2-3-10-22-19)25-16-8-9-17-18(15-16)27-14-6-13-26-17/h2-3,7-10,15H,4-6,11-14H2,1H3,(H,22,23)(H2,21,24,25). The number of nitrogens with one attached hydrogen (secondary N) is 3. The van der Waals surface area contributed by atoms with E-state index >= 15 is 0 Å². The van der Waals surface area contributed by atoms with Crippen LogP contribution in [-0.4, -0.2) is 44.3 Å². The molecule has 0 fully saturated rings. The smallest absolute Gasteiger partial charge is 0.195 e. The van der Waals surface area contributed by atoms with Crippen LogP contribution in [0.2, 0.25) is 0 Å². The number of fused-ring (bicyclic) bond motifs is 1. The van der Waals surface area contributed by atoms with Gasteiger partial charge in [0.1, 0.15) is 5.82 Å². The molecule has 1 aromatic heterocycles. The molecule has 0 saturated carbocycles. The van der Waals surface area contributed by atoms with Crippen LogP contribution in [0.4, 0.5) is 11.5 Å². The number of nitrogens with zero attached hydrogens (tertiary/aromatic N) is 2. The lowest BCUT2D eigenvalue weighted by atomic mass is 10.2. The lowest BCUT2D eigenvalue weighted by molar-refractivity contribution is 0.297. The fourth-order valence-corrected chi connectivity index (χ4v) is 2.70. The highest BCUT2D eigenvalue weighted by atomic mass is 16.5. The van der Waals surface area contributed by atoms with Crippen molar-refractivity contribution in [2.45, 2.75) is 19.3 Å². The number of aliphatic imine (C=N–C) groups is 1. The highest BCUT2D eigenvalue weighted by Gasteiger charge is 2.11. The first-order valence-corrected chi connectivity index (χ1v) is 9.37. The molecule has 1 aliphatic heterocycles. The highest BCUT2D eigenvalue weighted by molar-refractivity contribution is 5.93. The Morgan fingerprint density at radius 2 is 1.93 bits per heavy atom. The molecule has 1 aliphatic rings. The van der Waals surface area contributed by atoms with Crippen LogP contribution < -0.4 is 25.4 Å². The van der Waals surface area contributed by atoms with E-state index in [1.165, 1.54) is 0 Å². The quantitative estimate of drug-likeness (QED) is 0.395. The maximum Gasteiger partial charge on any atom is 0.195 e. The summed E-state index contributed by atoms with van der Waals surface area (Å²) in [5.41, 5.74) is 0.921. The van der Waals surface area contributed by atoms with Gasteiger partial charge in [0.15, 0.2) is 17.5 Å². The van der Waals surface area contributed by atoms with Crippen LogP contribution in [0.1, 0.15) is 19.3 Å². The van der Waals surface area contributed by atoms with Crippen LogP contribution in [0, 0.1) is 0 Å². The molecule has 7 nitrogen and oxygen atoms in total. The Kier molecular flexibility index (Phi) is 7.15. The number of aromatic nitrogens is 1. The fraction of sp³-hybridized carbons (Fsp3) is 0.400. The van der Waals surface area contributed by atoms with E-state index in [1.807, 2.05) is 36.4 Å². The Hall–Kier alpha value is -2.96. The molecule has 3 rings (SSSR count). The van der Waals surface area contributed by atoms with Gasteiger partial charge in [-0.15, -0.1) is 0 Å². The average molecular weight is 369 g/mol. The van der Waals surface area contributed by atoms with Crippen molar-refractivity contribution in [1.82, 2.24) is 10.3 Å². The number of benzene rings is 1. The molecule has 1 aromatic carbocycles. The molecule has 0 bridgehead atoms. The van der Waals surface area contributed by atoms with Gasteiger partial charge in [-0.05, 0) is 37.1 Å². The van der Waals surface area contributed by atoms with E-state index in [0.29, 0.717) is 13.2 Å². The first kappa shape index (κ1) is 18.8. The molecular weight excluding hydrogens is 342 g/mol. The molecule has 0 aliphatic carbocycles. The summed E-state index contributed by atoms with van der Waals surface area (Å²) in [5.74, 6) is 3.22. The first-order chi connectivity index (χ1) is 13.3. The van der Waals surface area contributed by atoms with Gasteiger partial charge in [-0.25, -0.2) is 4.98 Å². The Balaban J connectivity index is 1.38. The Bertz CT molecular complexity index is 736. The number of rotatable bonds is 7. The van der Waals surface area contributed by atoms with Crippen LogP contribution in [-0.2, 0) is 0 Å². The second-order valence-corrected chi connectivity index (χ2v) is 6.18. The lowest BCUT2D eigenvalue weighted by Gasteiger charge is -2.14. The molecular formula is C20H27N5O2. The minimum atomic E-state index is 0.677. The maximum atomic E-state index is 5.73. The number of ether oxygens (including phenoxy) is 2. The van der Waals surface area contributed by atoms with E-state index in [0.717, 1.165) is 61.3 Å². The molecule has 0 saturated heterocycles. The molecule has 0 spiro atoms. The normalized spacial score (nSPS) is 13.6. The van der Waals surface area contributed by atoms with Crippen molar-refractivity contribution >= 4 is 17.5 Å². The van der Waals surface area contributed by atoms with Crippen LogP contribution in [0.15, 0.2) is 47.6 Å². The largest absolute Gasteiger partial charge is 0.490 e. The molecule has 2 heterocycles. The van der Waals surface area contributed by atoms with E-state index in [4.69, 9.17) is 9.47 Å². The van der Waals surface area contributed by atoms with Gasteiger partial charge in [-0.3, -0.25) is 4.99 Å². The molecule has 0 amide bonds. The SMILES string of the molecule is CN=C(NCCCCNc1ccccn1)Nc1ccc2c(c1)OCCCO2. The maximum absolute atomic E-state index is 5.73. The molecule has 7 heteroatoms. The van der Waals surface area contributed by atoms with Crippen molar-refractivity contribution in [3.8, 4) is 11.5 Å². The zero-order chi connectivity index (χ0) is 18.7. The Labute approximate surface area is 160 Å². The monoisotopic (exact) mass is 369 g/mol. The number of pyridine rings is 1. The summed E-state index contributed by atoms with van der Waals surface area (Å²) in [6, 6.07) is 11.7. The molecule has 0 radical (unpaired) electrons.